The first-order chi connectivity index (χ1) is 6.27. The van der Waals surface area contributed by atoms with Crippen molar-refractivity contribution < 1.29 is 14.6 Å². The Balaban J connectivity index is 2.26. The zero-order chi connectivity index (χ0) is 9.68. The number of aliphatic hydroxyl groups excluding tert-OH is 1. The molecule has 0 aromatic rings. The van der Waals surface area contributed by atoms with Crippen molar-refractivity contribution in [3.63, 3.8) is 0 Å². The van der Waals surface area contributed by atoms with Gasteiger partial charge in [-0.1, -0.05) is 0 Å². The molecule has 1 aliphatic heterocycles. The van der Waals surface area contributed by atoms with Crippen LogP contribution in [0, 0.1) is 5.92 Å². The lowest BCUT2D eigenvalue weighted by Gasteiger charge is -2.29. The highest BCUT2D eigenvalue weighted by molar-refractivity contribution is 5.72. The molecule has 0 bridgehead atoms. The Hall–Kier alpha value is -0.610. The molecule has 0 spiro atoms. The van der Waals surface area contributed by atoms with Crippen molar-refractivity contribution in [2.75, 3.05) is 33.4 Å². The number of carbonyl (C=O) groups is 1. The van der Waals surface area contributed by atoms with E-state index in [0.29, 0.717) is 6.54 Å². The summed E-state index contributed by atoms with van der Waals surface area (Å²) in [5, 5.41) is 8.71. The van der Waals surface area contributed by atoms with E-state index in [-0.39, 0.29) is 18.5 Å². The van der Waals surface area contributed by atoms with Crippen molar-refractivity contribution >= 4 is 5.97 Å². The first kappa shape index (κ1) is 10.5. The second-order valence-corrected chi connectivity index (χ2v) is 3.36. The topological polar surface area (TPSA) is 49.8 Å². The summed E-state index contributed by atoms with van der Waals surface area (Å²) in [5.41, 5.74) is 0. The van der Waals surface area contributed by atoms with E-state index in [0.717, 1.165) is 25.9 Å². The zero-order valence-electron chi connectivity index (χ0n) is 8.03. The highest BCUT2D eigenvalue weighted by Gasteiger charge is 2.24. The predicted octanol–water partition coefficient (Wildman–Crippen LogP) is -0.136. The molecular weight excluding hydrogens is 170 g/mol. The summed E-state index contributed by atoms with van der Waals surface area (Å²) < 4.78 is 4.68. The van der Waals surface area contributed by atoms with Crippen molar-refractivity contribution in [1.29, 1.82) is 0 Å². The van der Waals surface area contributed by atoms with E-state index >= 15 is 0 Å². The summed E-state index contributed by atoms with van der Waals surface area (Å²) in [7, 11) is 1.43. The van der Waals surface area contributed by atoms with E-state index in [1.165, 1.54) is 7.11 Å². The lowest BCUT2D eigenvalue weighted by Crippen LogP contribution is -2.38. The summed E-state index contributed by atoms with van der Waals surface area (Å²) in [6, 6.07) is 0. The average molecular weight is 187 g/mol. The second kappa shape index (κ2) is 5.19. The number of ether oxygens (including phenoxy) is 1. The lowest BCUT2D eigenvalue weighted by atomic mass is 9.97. The van der Waals surface area contributed by atoms with Crippen LogP contribution in [0.4, 0.5) is 0 Å². The van der Waals surface area contributed by atoms with E-state index in [1.807, 2.05) is 0 Å². The minimum absolute atomic E-state index is 0.0694. The maximum absolute atomic E-state index is 11.1. The van der Waals surface area contributed by atoms with E-state index in [4.69, 9.17) is 5.11 Å². The molecular formula is C9H17NO3. The van der Waals surface area contributed by atoms with Crippen molar-refractivity contribution in [2.45, 2.75) is 12.8 Å². The highest BCUT2D eigenvalue weighted by Crippen LogP contribution is 2.17. The summed E-state index contributed by atoms with van der Waals surface area (Å²) >= 11 is 0. The molecule has 0 radical (unpaired) electrons. The molecule has 4 heteroatoms. The standard InChI is InChI=1S/C9H17NO3/c1-13-9(12)8-2-4-10(5-3-8)6-7-11/h8,11H,2-7H2,1H3. The number of likely N-dealkylation sites (tertiary alicyclic amines) is 1. The quantitative estimate of drug-likeness (QED) is 0.625. The van der Waals surface area contributed by atoms with Crippen molar-refractivity contribution in [3.8, 4) is 0 Å². The molecule has 1 rings (SSSR count). The number of methoxy groups -OCH3 is 1. The van der Waals surface area contributed by atoms with Gasteiger partial charge in [0.1, 0.15) is 0 Å². The maximum Gasteiger partial charge on any atom is 0.308 e. The third-order valence-electron chi connectivity index (χ3n) is 2.54. The third kappa shape index (κ3) is 2.97. The van der Waals surface area contributed by atoms with Crippen LogP contribution < -0.4 is 0 Å². The number of hydrogen-bond acceptors (Lipinski definition) is 4. The molecule has 1 aliphatic rings. The van der Waals surface area contributed by atoms with Crippen LogP contribution in [0.25, 0.3) is 0 Å². The third-order valence-corrected chi connectivity index (χ3v) is 2.54. The van der Waals surface area contributed by atoms with Crippen molar-refractivity contribution in [3.05, 3.63) is 0 Å². The molecule has 76 valence electrons. The Labute approximate surface area is 78.5 Å². The molecule has 0 aliphatic carbocycles. The van der Waals surface area contributed by atoms with Crippen LogP contribution in [0.3, 0.4) is 0 Å². The summed E-state index contributed by atoms with van der Waals surface area (Å²) in [6.07, 6.45) is 1.71. The molecule has 1 saturated heterocycles. The monoisotopic (exact) mass is 187 g/mol. The van der Waals surface area contributed by atoms with Gasteiger partial charge in [0, 0.05) is 6.54 Å². The van der Waals surface area contributed by atoms with Gasteiger partial charge in [0.25, 0.3) is 0 Å². The zero-order valence-corrected chi connectivity index (χ0v) is 8.03. The van der Waals surface area contributed by atoms with Crippen molar-refractivity contribution in [1.82, 2.24) is 4.90 Å². The lowest BCUT2D eigenvalue weighted by molar-refractivity contribution is -0.147. The number of nitrogens with zero attached hydrogens (tertiary/aromatic N) is 1. The first-order valence-electron chi connectivity index (χ1n) is 4.69. The number of carbonyl (C=O) groups excluding carboxylic acids is 1. The van der Waals surface area contributed by atoms with Crippen LogP contribution in [0.2, 0.25) is 0 Å². The van der Waals surface area contributed by atoms with Gasteiger partial charge in [-0.15, -0.1) is 0 Å². The molecule has 1 N–H and O–H groups in total. The molecule has 1 fully saturated rings. The number of aliphatic hydroxyl groups is 1. The van der Waals surface area contributed by atoms with E-state index in [1.54, 1.807) is 0 Å². The maximum atomic E-state index is 11.1. The van der Waals surface area contributed by atoms with Crippen LogP contribution in [0.1, 0.15) is 12.8 Å². The number of piperidine rings is 1. The summed E-state index contributed by atoms with van der Waals surface area (Å²) in [4.78, 5) is 13.3. The van der Waals surface area contributed by atoms with E-state index in [9.17, 15) is 4.79 Å². The van der Waals surface area contributed by atoms with Gasteiger partial charge >= 0.3 is 5.97 Å². The van der Waals surface area contributed by atoms with Crippen LogP contribution in [-0.4, -0.2) is 49.3 Å². The Bertz CT molecular complexity index is 164. The van der Waals surface area contributed by atoms with Crippen molar-refractivity contribution in [2.24, 2.45) is 5.92 Å². The van der Waals surface area contributed by atoms with Gasteiger partial charge in [0.2, 0.25) is 0 Å². The summed E-state index contributed by atoms with van der Waals surface area (Å²) in [6.45, 7) is 2.69. The highest BCUT2D eigenvalue weighted by atomic mass is 16.5. The second-order valence-electron chi connectivity index (χ2n) is 3.36. The van der Waals surface area contributed by atoms with Gasteiger partial charge in [-0.2, -0.15) is 0 Å². The molecule has 0 aromatic carbocycles. The smallest absolute Gasteiger partial charge is 0.308 e. The molecule has 0 amide bonds. The molecule has 0 saturated carbocycles. The largest absolute Gasteiger partial charge is 0.469 e. The van der Waals surface area contributed by atoms with E-state index < -0.39 is 0 Å². The Morgan fingerprint density at radius 1 is 1.54 bits per heavy atom. The predicted molar refractivity (Wildman–Crippen MR) is 48.3 cm³/mol. The molecule has 1 heterocycles. The average Bonchev–Trinajstić information content (AvgIpc) is 2.18. The van der Waals surface area contributed by atoms with Gasteiger partial charge in [-0.3, -0.25) is 4.79 Å². The minimum atomic E-state index is -0.0938. The van der Waals surface area contributed by atoms with Gasteiger partial charge in [0.15, 0.2) is 0 Å². The van der Waals surface area contributed by atoms with Gasteiger partial charge in [-0.05, 0) is 25.9 Å². The molecule has 13 heavy (non-hydrogen) atoms. The SMILES string of the molecule is COC(=O)C1CCN(CCO)CC1. The fourth-order valence-corrected chi connectivity index (χ4v) is 1.70. The molecule has 0 atom stereocenters. The van der Waals surface area contributed by atoms with E-state index in [2.05, 4.69) is 9.64 Å². The van der Waals surface area contributed by atoms with Gasteiger partial charge < -0.3 is 14.7 Å². The van der Waals surface area contributed by atoms with Crippen LogP contribution in [0.15, 0.2) is 0 Å². The van der Waals surface area contributed by atoms with Crippen LogP contribution in [0.5, 0.6) is 0 Å². The first-order valence-corrected chi connectivity index (χ1v) is 4.69. The summed E-state index contributed by atoms with van der Waals surface area (Å²) in [5.74, 6) is -0.0245. The van der Waals surface area contributed by atoms with Gasteiger partial charge in [0.05, 0.1) is 19.6 Å². The normalized spacial score (nSPS) is 20.2. The number of β-amino-alcohol motifs (C(OH)–C–C–N with tert-alkyl or cyclic N) is 1. The van der Waals surface area contributed by atoms with Crippen LogP contribution >= 0.6 is 0 Å². The van der Waals surface area contributed by atoms with Crippen LogP contribution in [-0.2, 0) is 9.53 Å². The number of hydrogen-bond donors (Lipinski definition) is 1. The Kier molecular flexibility index (Phi) is 4.18. The Morgan fingerprint density at radius 3 is 2.62 bits per heavy atom. The molecule has 4 nitrogen and oxygen atoms in total. The number of rotatable bonds is 3. The molecule has 0 aromatic heterocycles. The fraction of sp³-hybridized carbons (Fsp3) is 0.889. The minimum Gasteiger partial charge on any atom is -0.469 e. The molecule has 0 unspecified atom stereocenters. The van der Waals surface area contributed by atoms with Gasteiger partial charge in [-0.25, -0.2) is 0 Å². The Morgan fingerprint density at radius 2 is 2.15 bits per heavy atom. The number of esters is 1. The fourth-order valence-electron chi connectivity index (χ4n) is 1.70.